The van der Waals surface area contributed by atoms with Crippen molar-refractivity contribution in [2.45, 2.75) is 78.1 Å². The topological polar surface area (TPSA) is 9.23 Å². The Hall–Kier alpha value is -2.61. The second-order valence-electron chi connectivity index (χ2n) is 10.1. The van der Waals surface area contributed by atoms with Crippen molar-refractivity contribution in [3.05, 3.63) is 94.8 Å². The smallest absolute Gasteiger partial charge is 0.165 e. The van der Waals surface area contributed by atoms with Gasteiger partial charge in [-0.05, 0) is 83.0 Å². The quantitative estimate of drug-likeness (QED) is 0.327. The van der Waals surface area contributed by atoms with Crippen LogP contribution in [-0.4, -0.2) is 0 Å². The molecule has 0 aliphatic carbocycles. The average molecular weight is 433 g/mol. The Bertz CT molecular complexity index is 1020. The summed E-state index contributed by atoms with van der Waals surface area (Å²) in [6.07, 6.45) is 3.00. The van der Waals surface area contributed by atoms with Crippen molar-refractivity contribution in [3.63, 3.8) is 0 Å². The summed E-state index contributed by atoms with van der Waals surface area (Å²) in [4.78, 5) is 0. The molecule has 0 unspecified atom stereocenters. The molecule has 3 aromatic carbocycles. The molecule has 0 N–H and O–H groups in total. The summed E-state index contributed by atoms with van der Waals surface area (Å²) >= 11 is 0. The SMILES string of the molecule is CC(C)c1ccc(C(C)(C)CCCc2ccc(F)c(Oc3ccccc3)c2)cc1C(C)C. The van der Waals surface area contributed by atoms with Crippen LogP contribution in [0.15, 0.2) is 66.7 Å². The molecule has 0 amide bonds. The molecular formula is C30H37FO. The minimum absolute atomic E-state index is 0.0859. The summed E-state index contributed by atoms with van der Waals surface area (Å²) < 4.78 is 20.0. The van der Waals surface area contributed by atoms with Gasteiger partial charge in [-0.3, -0.25) is 0 Å². The maximum Gasteiger partial charge on any atom is 0.165 e. The molecule has 3 rings (SSSR count). The standard InChI is InChI=1S/C30H37FO/c1-21(2)26-16-15-24(20-27(26)22(3)4)30(5,6)18-10-11-23-14-17-28(31)29(19-23)32-25-12-8-7-9-13-25/h7-9,12-17,19-22H,10-11,18H2,1-6H3. The number of aryl methyl sites for hydroxylation is 1. The molecule has 1 nitrogen and oxygen atoms in total. The van der Waals surface area contributed by atoms with Crippen LogP contribution in [0.5, 0.6) is 11.5 Å². The molecule has 3 aromatic rings. The third-order valence-corrected chi connectivity index (χ3v) is 6.35. The monoisotopic (exact) mass is 432 g/mol. The van der Waals surface area contributed by atoms with E-state index in [9.17, 15) is 4.39 Å². The lowest BCUT2D eigenvalue weighted by molar-refractivity contribution is 0.439. The third kappa shape index (κ3) is 6.00. The van der Waals surface area contributed by atoms with Gasteiger partial charge in [0.05, 0.1) is 0 Å². The average Bonchev–Trinajstić information content (AvgIpc) is 2.76. The Morgan fingerprint density at radius 2 is 1.50 bits per heavy atom. The zero-order chi connectivity index (χ0) is 23.3. The van der Waals surface area contributed by atoms with E-state index in [1.165, 1.54) is 22.8 Å². The van der Waals surface area contributed by atoms with Crippen molar-refractivity contribution >= 4 is 0 Å². The maximum absolute atomic E-state index is 14.3. The highest BCUT2D eigenvalue weighted by Crippen LogP contribution is 2.35. The second-order valence-corrected chi connectivity index (χ2v) is 10.1. The van der Waals surface area contributed by atoms with Crippen molar-refractivity contribution in [2.24, 2.45) is 0 Å². The predicted octanol–water partition coefficient (Wildman–Crippen LogP) is 9.17. The van der Waals surface area contributed by atoms with Gasteiger partial charge in [0.2, 0.25) is 0 Å². The molecular weight excluding hydrogens is 395 g/mol. The summed E-state index contributed by atoms with van der Waals surface area (Å²) in [5.41, 5.74) is 5.51. The van der Waals surface area contributed by atoms with Crippen LogP contribution in [0.2, 0.25) is 0 Å². The van der Waals surface area contributed by atoms with Gasteiger partial charge < -0.3 is 4.74 Å². The summed E-state index contributed by atoms with van der Waals surface area (Å²) in [5.74, 6) is 1.67. The van der Waals surface area contributed by atoms with Crippen LogP contribution >= 0.6 is 0 Å². The highest BCUT2D eigenvalue weighted by Gasteiger charge is 2.22. The fourth-order valence-corrected chi connectivity index (χ4v) is 4.30. The summed E-state index contributed by atoms with van der Waals surface area (Å²) in [5, 5.41) is 0. The highest BCUT2D eigenvalue weighted by atomic mass is 19.1. The number of hydrogen-bond donors (Lipinski definition) is 0. The number of hydrogen-bond acceptors (Lipinski definition) is 1. The minimum atomic E-state index is -0.329. The van der Waals surface area contributed by atoms with Crippen LogP contribution in [0, 0.1) is 5.82 Å². The lowest BCUT2D eigenvalue weighted by atomic mass is 9.77. The van der Waals surface area contributed by atoms with Gasteiger partial charge in [-0.15, -0.1) is 0 Å². The van der Waals surface area contributed by atoms with Gasteiger partial charge in [0.1, 0.15) is 5.75 Å². The van der Waals surface area contributed by atoms with Crippen LogP contribution in [0.3, 0.4) is 0 Å². The summed E-state index contributed by atoms with van der Waals surface area (Å²) in [6, 6.07) is 21.6. The zero-order valence-corrected chi connectivity index (χ0v) is 20.4. The lowest BCUT2D eigenvalue weighted by Crippen LogP contribution is -2.18. The van der Waals surface area contributed by atoms with Gasteiger partial charge in [0, 0.05) is 0 Å². The number of benzene rings is 3. The van der Waals surface area contributed by atoms with Gasteiger partial charge in [-0.1, -0.05) is 84.0 Å². The summed E-state index contributed by atoms with van der Waals surface area (Å²) in [7, 11) is 0. The van der Waals surface area contributed by atoms with E-state index >= 15 is 0 Å². The molecule has 32 heavy (non-hydrogen) atoms. The highest BCUT2D eigenvalue weighted by molar-refractivity contribution is 5.39. The van der Waals surface area contributed by atoms with Crippen LogP contribution in [-0.2, 0) is 11.8 Å². The predicted molar refractivity (Wildman–Crippen MR) is 133 cm³/mol. The molecule has 0 aromatic heterocycles. The molecule has 170 valence electrons. The van der Waals surface area contributed by atoms with E-state index in [0.717, 1.165) is 24.8 Å². The molecule has 0 atom stereocenters. The molecule has 0 spiro atoms. The van der Waals surface area contributed by atoms with Gasteiger partial charge >= 0.3 is 0 Å². The fourth-order valence-electron chi connectivity index (χ4n) is 4.30. The van der Waals surface area contributed by atoms with E-state index in [0.29, 0.717) is 23.3 Å². The molecule has 0 aliphatic rings. The molecule has 0 heterocycles. The molecule has 0 bridgehead atoms. The van der Waals surface area contributed by atoms with Crippen LogP contribution in [0.1, 0.15) is 88.5 Å². The molecule has 0 radical (unpaired) electrons. The van der Waals surface area contributed by atoms with E-state index in [2.05, 4.69) is 59.7 Å². The van der Waals surface area contributed by atoms with E-state index < -0.39 is 0 Å². The molecule has 0 aliphatic heterocycles. The largest absolute Gasteiger partial charge is 0.454 e. The van der Waals surface area contributed by atoms with Gasteiger partial charge in [-0.25, -0.2) is 4.39 Å². The van der Waals surface area contributed by atoms with Crippen LogP contribution < -0.4 is 4.74 Å². The number of rotatable bonds is 9. The first-order valence-electron chi connectivity index (χ1n) is 11.8. The van der Waals surface area contributed by atoms with Crippen molar-refractivity contribution in [1.29, 1.82) is 0 Å². The van der Waals surface area contributed by atoms with Crippen LogP contribution in [0.4, 0.5) is 4.39 Å². The fraction of sp³-hybridized carbons (Fsp3) is 0.400. The summed E-state index contributed by atoms with van der Waals surface area (Å²) in [6.45, 7) is 13.8. The third-order valence-electron chi connectivity index (χ3n) is 6.35. The van der Waals surface area contributed by atoms with Gasteiger partial charge in [0.25, 0.3) is 0 Å². The van der Waals surface area contributed by atoms with E-state index in [1.54, 1.807) is 0 Å². The number of ether oxygens (including phenoxy) is 1. The van der Waals surface area contributed by atoms with Crippen molar-refractivity contribution in [1.82, 2.24) is 0 Å². The first-order chi connectivity index (χ1) is 15.2. The van der Waals surface area contributed by atoms with Crippen LogP contribution in [0.25, 0.3) is 0 Å². The molecule has 0 saturated carbocycles. The van der Waals surface area contributed by atoms with E-state index in [4.69, 9.17) is 4.74 Å². The van der Waals surface area contributed by atoms with Gasteiger partial charge in [-0.2, -0.15) is 0 Å². The van der Waals surface area contributed by atoms with Crippen molar-refractivity contribution < 1.29 is 9.13 Å². The van der Waals surface area contributed by atoms with E-state index in [-0.39, 0.29) is 11.2 Å². The number of para-hydroxylation sites is 1. The number of halogens is 1. The zero-order valence-electron chi connectivity index (χ0n) is 20.4. The lowest BCUT2D eigenvalue weighted by Gasteiger charge is -2.28. The maximum atomic E-state index is 14.3. The first-order valence-corrected chi connectivity index (χ1v) is 11.8. The first kappa shape index (κ1) is 24.0. The Kier molecular flexibility index (Phi) is 7.77. The second kappa shape index (κ2) is 10.3. The Morgan fingerprint density at radius 3 is 2.16 bits per heavy atom. The Labute approximate surface area is 193 Å². The Balaban J connectivity index is 1.68. The molecule has 0 saturated heterocycles. The molecule has 0 fully saturated rings. The van der Waals surface area contributed by atoms with Crippen molar-refractivity contribution in [3.8, 4) is 11.5 Å². The van der Waals surface area contributed by atoms with Crippen molar-refractivity contribution in [2.75, 3.05) is 0 Å². The van der Waals surface area contributed by atoms with E-state index in [1.807, 2.05) is 42.5 Å². The Morgan fingerprint density at radius 1 is 0.812 bits per heavy atom. The molecule has 2 heteroatoms. The van der Waals surface area contributed by atoms with Gasteiger partial charge in [0.15, 0.2) is 11.6 Å². The minimum Gasteiger partial charge on any atom is -0.454 e. The normalized spacial score (nSPS) is 11.9.